The van der Waals surface area contributed by atoms with Crippen LogP contribution in [0.1, 0.15) is 52.4 Å². The van der Waals surface area contributed by atoms with Crippen molar-refractivity contribution < 1.29 is 24.2 Å². The van der Waals surface area contributed by atoms with E-state index in [2.05, 4.69) is 15.6 Å². The molecule has 0 aromatic heterocycles. The van der Waals surface area contributed by atoms with Crippen molar-refractivity contribution in [2.75, 3.05) is 10.4 Å². The number of aromatic carboxylic acids is 1. The van der Waals surface area contributed by atoms with Gasteiger partial charge in [0.2, 0.25) is 0 Å². The number of carbonyl (C=O) groups is 2. The van der Waals surface area contributed by atoms with Gasteiger partial charge in [-0.2, -0.15) is 15.2 Å². The van der Waals surface area contributed by atoms with Crippen LogP contribution in [0.3, 0.4) is 0 Å². The molecule has 0 spiro atoms. The maximum Gasteiger partial charge on any atom is 0.338 e. The SMILES string of the molecule is CC1=NN(c2ccc3c(c2)CCC3)C(=O)/C1=N\Nc1cc2c(c(-c3ccc(F)c(C(=O)O)c3)c1O)CCC2. The fraction of sp³-hybridized carbons (Fsp3) is 0.241. The van der Waals surface area contributed by atoms with E-state index in [-0.39, 0.29) is 23.1 Å². The molecule has 0 fully saturated rings. The van der Waals surface area contributed by atoms with Gasteiger partial charge in [0.15, 0.2) is 5.71 Å². The number of aryl methyl sites for hydroxylation is 3. The number of benzene rings is 3. The Morgan fingerprint density at radius 2 is 1.79 bits per heavy atom. The molecule has 1 aliphatic heterocycles. The van der Waals surface area contributed by atoms with Crippen LogP contribution in [0.15, 0.2) is 52.7 Å². The summed E-state index contributed by atoms with van der Waals surface area (Å²) >= 11 is 0. The Balaban J connectivity index is 1.34. The molecule has 2 aliphatic carbocycles. The van der Waals surface area contributed by atoms with E-state index in [1.807, 2.05) is 18.2 Å². The lowest BCUT2D eigenvalue weighted by Crippen LogP contribution is -2.28. The number of rotatable bonds is 5. The van der Waals surface area contributed by atoms with E-state index in [1.54, 1.807) is 13.0 Å². The second-order valence-electron chi connectivity index (χ2n) is 9.82. The minimum absolute atomic E-state index is 0.127. The Labute approximate surface area is 218 Å². The first-order chi connectivity index (χ1) is 18.3. The number of aromatic hydroxyl groups is 1. The molecule has 3 N–H and O–H groups in total. The van der Waals surface area contributed by atoms with Gasteiger partial charge in [-0.3, -0.25) is 10.2 Å². The van der Waals surface area contributed by atoms with Crippen LogP contribution in [0.25, 0.3) is 11.1 Å². The summed E-state index contributed by atoms with van der Waals surface area (Å²) in [4.78, 5) is 24.7. The number of carboxylic acid groups (broad SMARTS) is 1. The van der Waals surface area contributed by atoms with Gasteiger partial charge in [0, 0.05) is 5.56 Å². The third kappa shape index (κ3) is 3.91. The molecule has 3 aromatic carbocycles. The number of nitrogens with one attached hydrogen (secondary N) is 1. The average molecular weight is 513 g/mol. The van der Waals surface area contributed by atoms with Crippen LogP contribution in [-0.2, 0) is 30.5 Å². The van der Waals surface area contributed by atoms with E-state index in [0.717, 1.165) is 49.3 Å². The third-order valence-corrected chi connectivity index (χ3v) is 7.46. The maximum absolute atomic E-state index is 14.1. The number of hydrogen-bond donors (Lipinski definition) is 3. The standard InChI is InChI=1S/C29H25FN4O4/c1-15-26(28(36)34(33-15)20-10-8-16-4-2-5-17(16)12-20)32-31-24-14-18-6-3-7-21(18)25(27(24)35)19-9-11-23(30)22(13-19)29(37)38/h8-14,31,35H,2-7H2,1H3,(H,37,38)/b32-26-. The topological polar surface area (TPSA) is 115 Å². The normalized spacial score (nSPS) is 17.1. The number of hydrazone groups is 2. The van der Waals surface area contributed by atoms with Crippen molar-refractivity contribution in [1.82, 2.24) is 0 Å². The maximum atomic E-state index is 14.1. The van der Waals surface area contributed by atoms with Crippen LogP contribution in [0.2, 0.25) is 0 Å². The molecule has 0 saturated heterocycles. The third-order valence-electron chi connectivity index (χ3n) is 7.46. The number of nitrogens with zero attached hydrogens (tertiary/aromatic N) is 3. The molecule has 0 radical (unpaired) electrons. The van der Waals surface area contributed by atoms with E-state index in [0.29, 0.717) is 28.9 Å². The molecular formula is C29H25FN4O4. The lowest BCUT2D eigenvalue weighted by molar-refractivity contribution is -0.112. The monoisotopic (exact) mass is 512 g/mol. The molecule has 0 bridgehead atoms. The predicted molar refractivity (Wildman–Crippen MR) is 143 cm³/mol. The van der Waals surface area contributed by atoms with Crippen LogP contribution >= 0.6 is 0 Å². The zero-order valence-corrected chi connectivity index (χ0v) is 20.7. The molecule has 0 saturated carbocycles. The Hall–Kier alpha value is -4.53. The second-order valence-corrected chi connectivity index (χ2v) is 9.82. The number of carboxylic acids is 1. The lowest BCUT2D eigenvalue weighted by Gasteiger charge is -2.16. The molecule has 192 valence electrons. The van der Waals surface area contributed by atoms with E-state index in [4.69, 9.17) is 0 Å². The Morgan fingerprint density at radius 3 is 2.61 bits per heavy atom. The Kier molecular flexibility index (Phi) is 5.71. The highest BCUT2D eigenvalue weighted by Crippen LogP contribution is 2.44. The summed E-state index contributed by atoms with van der Waals surface area (Å²) in [6.07, 6.45) is 5.47. The van der Waals surface area contributed by atoms with Crippen molar-refractivity contribution in [3.63, 3.8) is 0 Å². The summed E-state index contributed by atoms with van der Waals surface area (Å²) in [5, 5.41) is 30.7. The number of anilines is 2. The van der Waals surface area contributed by atoms with Crippen LogP contribution < -0.4 is 10.4 Å². The summed E-state index contributed by atoms with van der Waals surface area (Å²) in [5.74, 6) is -2.75. The zero-order valence-electron chi connectivity index (χ0n) is 20.7. The largest absolute Gasteiger partial charge is 0.505 e. The fourth-order valence-electron chi connectivity index (χ4n) is 5.58. The number of phenols is 1. The minimum atomic E-state index is -1.39. The summed E-state index contributed by atoms with van der Waals surface area (Å²) < 4.78 is 14.1. The fourth-order valence-corrected chi connectivity index (χ4v) is 5.58. The van der Waals surface area contributed by atoms with Crippen molar-refractivity contribution in [3.05, 3.63) is 76.1 Å². The van der Waals surface area contributed by atoms with Gasteiger partial charge in [-0.25, -0.2) is 9.18 Å². The van der Waals surface area contributed by atoms with E-state index in [9.17, 15) is 24.2 Å². The average Bonchev–Trinajstić information content (AvgIpc) is 3.62. The van der Waals surface area contributed by atoms with Gasteiger partial charge in [-0.1, -0.05) is 12.1 Å². The predicted octanol–water partition coefficient (Wildman–Crippen LogP) is 5.06. The van der Waals surface area contributed by atoms with Gasteiger partial charge in [0.25, 0.3) is 0 Å². The summed E-state index contributed by atoms with van der Waals surface area (Å²) in [7, 11) is 0. The van der Waals surface area contributed by atoms with Crippen molar-refractivity contribution in [1.29, 1.82) is 0 Å². The molecule has 8 nitrogen and oxygen atoms in total. The number of amides is 1. The van der Waals surface area contributed by atoms with Crippen molar-refractivity contribution in [2.24, 2.45) is 10.2 Å². The number of phenolic OH excluding ortho intramolecular Hbond substituents is 1. The van der Waals surface area contributed by atoms with Crippen LogP contribution in [0.5, 0.6) is 5.75 Å². The van der Waals surface area contributed by atoms with Gasteiger partial charge in [0.1, 0.15) is 11.6 Å². The Morgan fingerprint density at radius 1 is 1.03 bits per heavy atom. The van der Waals surface area contributed by atoms with Gasteiger partial charge >= 0.3 is 11.9 Å². The van der Waals surface area contributed by atoms with Gasteiger partial charge < -0.3 is 10.2 Å². The smallest absolute Gasteiger partial charge is 0.338 e. The molecular weight excluding hydrogens is 487 g/mol. The van der Waals surface area contributed by atoms with Crippen LogP contribution in [-0.4, -0.2) is 33.5 Å². The molecule has 3 aliphatic rings. The molecule has 9 heteroatoms. The van der Waals surface area contributed by atoms with E-state index >= 15 is 0 Å². The highest BCUT2D eigenvalue weighted by atomic mass is 19.1. The molecule has 38 heavy (non-hydrogen) atoms. The first-order valence-electron chi connectivity index (χ1n) is 12.6. The molecule has 3 aromatic rings. The summed E-state index contributed by atoms with van der Waals surface area (Å²) in [6, 6.07) is 11.5. The van der Waals surface area contributed by atoms with Gasteiger partial charge in [0.05, 0.1) is 22.6 Å². The molecule has 0 unspecified atom stereocenters. The highest BCUT2D eigenvalue weighted by Gasteiger charge is 2.32. The van der Waals surface area contributed by atoms with Crippen molar-refractivity contribution in [2.45, 2.75) is 45.4 Å². The molecule has 0 atom stereocenters. The van der Waals surface area contributed by atoms with E-state index in [1.165, 1.54) is 28.3 Å². The van der Waals surface area contributed by atoms with Crippen molar-refractivity contribution >= 4 is 34.7 Å². The Bertz CT molecular complexity index is 1590. The highest BCUT2D eigenvalue weighted by molar-refractivity contribution is 6.71. The van der Waals surface area contributed by atoms with Gasteiger partial charge in [-0.05, 0) is 104 Å². The van der Waals surface area contributed by atoms with Gasteiger partial charge in [-0.15, -0.1) is 0 Å². The first kappa shape index (κ1) is 23.8. The summed E-state index contributed by atoms with van der Waals surface area (Å²) in [5.41, 5.74) is 9.12. The number of halogens is 1. The lowest BCUT2D eigenvalue weighted by atomic mass is 9.93. The minimum Gasteiger partial charge on any atom is -0.505 e. The zero-order chi connectivity index (χ0) is 26.6. The quantitative estimate of drug-likeness (QED) is 0.326. The van der Waals surface area contributed by atoms with E-state index < -0.39 is 17.3 Å². The number of fused-ring (bicyclic) bond motifs is 2. The summed E-state index contributed by atoms with van der Waals surface area (Å²) in [6.45, 7) is 1.70. The number of hydrogen-bond acceptors (Lipinski definition) is 6. The molecule has 1 heterocycles. The van der Waals surface area contributed by atoms with Crippen molar-refractivity contribution in [3.8, 4) is 16.9 Å². The second kappa shape index (κ2) is 9.09. The molecule has 1 amide bonds. The van der Waals surface area contributed by atoms with Crippen LogP contribution in [0, 0.1) is 5.82 Å². The first-order valence-corrected chi connectivity index (χ1v) is 12.6. The number of carbonyl (C=O) groups excluding carboxylic acids is 1. The molecule has 6 rings (SSSR count). The van der Waals surface area contributed by atoms with Crippen LogP contribution in [0.4, 0.5) is 15.8 Å².